The lowest BCUT2D eigenvalue weighted by Gasteiger charge is -2.03. The molecule has 6 heteroatoms. The smallest absolute Gasteiger partial charge is 0.250 e. The van der Waals surface area contributed by atoms with Crippen LogP contribution < -0.4 is 5.32 Å². The van der Waals surface area contributed by atoms with Crippen LogP contribution in [0.4, 0.5) is 5.95 Å². The van der Waals surface area contributed by atoms with Crippen molar-refractivity contribution < 1.29 is 4.79 Å². The van der Waals surface area contributed by atoms with E-state index in [-0.39, 0.29) is 11.9 Å². The Morgan fingerprint density at radius 1 is 1.23 bits per heavy atom. The number of aromatic amines is 1. The third-order valence-corrected chi connectivity index (χ3v) is 4.02. The van der Waals surface area contributed by atoms with Crippen molar-refractivity contribution in [3.05, 3.63) is 36.0 Å². The van der Waals surface area contributed by atoms with Gasteiger partial charge in [-0.1, -0.05) is 11.6 Å². The number of anilines is 1. The second-order valence-corrected chi connectivity index (χ2v) is 5.90. The van der Waals surface area contributed by atoms with Crippen LogP contribution in [0, 0.1) is 11.8 Å². The molecule has 0 unspecified atom stereocenters. The summed E-state index contributed by atoms with van der Waals surface area (Å²) in [6, 6.07) is 5.55. The molecule has 2 aliphatic rings. The first-order valence-electron chi connectivity index (χ1n) is 7.66. The molecule has 0 radical (unpaired) electrons. The van der Waals surface area contributed by atoms with Gasteiger partial charge in [-0.2, -0.15) is 4.98 Å². The molecule has 2 aliphatic carbocycles. The zero-order valence-corrected chi connectivity index (χ0v) is 12.1. The van der Waals surface area contributed by atoms with E-state index in [9.17, 15) is 4.79 Å². The number of hydrogen-bond acceptors (Lipinski definition) is 4. The Kier molecular flexibility index (Phi) is 3.21. The van der Waals surface area contributed by atoms with E-state index in [1.165, 1.54) is 31.3 Å². The minimum absolute atomic E-state index is 0.139. The molecular formula is C16H17N5O. The second kappa shape index (κ2) is 5.36. The van der Waals surface area contributed by atoms with E-state index < -0.39 is 0 Å². The quantitative estimate of drug-likeness (QED) is 0.830. The summed E-state index contributed by atoms with van der Waals surface area (Å²) in [6.45, 7) is 0. The van der Waals surface area contributed by atoms with Crippen molar-refractivity contribution in [3.63, 3.8) is 0 Å². The fourth-order valence-electron chi connectivity index (χ4n) is 2.64. The average Bonchev–Trinajstić information content (AvgIpc) is 3.45. The van der Waals surface area contributed by atoms with Crippen molar-refractivity contribution in [3.8, 4) is 11.5 Å². The molecule has 2 heterocycles. The number of hydrogen-bond donors (Lipinski definition) is 2. The van der Waals surface area contributed by atoms with Crippen LogP contribution in [0.15, 0.2) is 36.0 Å². The predicted molar refractivity (Wildman–Crippen MR) is 81.8 cm³/mol. The van der Waals surface area contributed by atoms with Gasteiger partial charge in [-0.25, -0.2) is 0 Å². The van der Waals surface area contributed by atoms with E-state index in [1.807, 2.05) is 18.2 Å². The number of amides is 1. The van der Waals surface area contributed by atoms with Gasteiger partial charge in [0.1, 0.15) is 5.69 Å². The number of allylic oxidation sites excluding steroid dienone is 1. The number of pyridine rings is 1. The van der Waals surface area contributed by atoms with Gasteiger partial charge in [0.15, 0.2) is 5.82 Å². The second-order valence-electron chi connectivity index (χ2n) is 5.90. The van der Waals surface area contributed by atoms with Gasteiger partial charge in [0.2, 0.25) is 5.95 Å². The molecular weight excluding hydrogens is 278 g/mol. The Bertz CT molecular complexity index is 699. The first kappa shape index (κ1) is 13.2. The van der Waals surface area contributed by atoms with Gasteiger partial charge in [0, 0.05) is 12.3 Å². The summed E-state index contributed by atoms with van der Waals surface area (Å²) in [5.74, 6) is 1.96. The van der Waals surface area contributed by atoms with Gasteiger partial charge in [-0.15, -0.1) is 5.10 Å². The van der Waals surface area contributed by atoms with E-state index in [0.717, 1.165) is 0 Å². The minimum Gasteiger partial charge on any atom is -0.290 e. The van der Waals surface area contributed by atoms with Gasteiger partial charge in [0.25, 0.3) is 5.91 Å². The lowest BCUT2D eigenvalue weighted by molar-refractivity contribution is -0.112. The first-order chi connectivity index (χ1) is 10.8. The molecule has 1 amide bonds. The number of H-pyrrole nitrogens is 1. The minimum atomic E-state index is -0.139. The first-order valence-corrected chi connectivity index (χ1v) is 7.66. The van der Waals surface area contributed by atoms with Crippen LogP contribution in [-0.4, -0.2) is 26.1 Å². The number of carbonyl (C=O) groups excluding carboxylic acids is 1. The fourth-order valence-corrected chi connectivity index (χ4v) is 2.64. The predicted octanol–water partition coefficient (Wildman–Crippen LogP) is 2.55. The van der Waals surface area contributed by atoms with Crippen LogP contribution in [0.2, 0.25) is 0 Å². The fraction of sp³-hybridized carbons (Fsp3) is 0.375. The number of nitrogens with one attached hydrogen (secondary N) is 2. The lowest BCUT2D eigenvalue weighted by Crippen LogP contribution is -2.11. The van der Waals surface area contributed by atoms with E-state index in [0.29, 0.717) is 23.4 Å². The summed E-state index contributed by atoms with van der Waals surface area (Å²) in [5, 5.41) is 9.55. The Labute approximate surface area is 128 Å². The summed E-state index contributed by atoms with van der Waals surface area (Å²) in [5.41, 5.74) is 2.01. The van der Waals surface area contributed by atoms with Crippen LogP contribution in [0.25, 0.3) is 11.5 Å². The molecule has 0 aliphatic heterocycles. The van der Waals surface area contributed by atoms with Crippen molar-refractivity contribution in [2.45, 2.75) is 25.7 Å². The molecule has 0 aromatic carbocycles. The molecule has 4 rings (SSSR count). The summed E-state index contributed by atoms with van der Waals surface area (Å²) >= 11 is 0. The van der Waals surface area contributed by atoms with Gasteiger partial charge in [-0.05, 0) is 49.7 Å². The van der Waals surface area contributed by atoms with E-state index in [2.05, 4.69) is 25.5 Å². The maximum atomic E-state index is 12.1. The normalized spacial score (nSPS) is 17.1. The molecule has 112 valence electrons. The monoisotopic (exact) mass is 295 g/mol. The SMILES string of the molecule is O=C(C=C(C1CC1)C1CC1)Nc1n[nH]c(-c2ccccn2)n1. The van der Waals surface area contributed by atoms with Crippen molar-refractivity contribution in [2.75, 3.05) is 5.32 Å². The van der Waals surface area contributed by atoms with E-state index in [1.54, 1.807) is 12.3 Å². The van der Waals surface area contributed by atoms with Crippen molar-refractivity contribution >= 4 is 11.9 Å². The Balaban J connectivity index is 1.46. The highest BCUT2D eigenvalue weighted by Crippen LogP contribution is 2.48. The van der Waals surface area contributed by atoms with Gasteiger partial charge < -0.3 is 0 Å². The van der Waals surface area contributed by atoms with Crippen LogP contribution in [0.5, 0.6) is 0 Å². The van der Waals surface area contributed by atoms with E-state index in [4.69, 9.17) is 0 Å². The maximum absolute atomic E-state index is 12.1. The third-order valence-electron chi connectivity index (χ3n) is 4.02. The number of rotatable bonds is 5. The summed E-state index contributed by atoms with van der Waals surface area (Å²) in [4.78, 5) is 20.6. The van der Waals surface area contributed by atoms with Crippen LogP contribution in [0.1, 0.15) is 25.7 Å². The largest absolute Gasteiger partial charge is 0.290 e. The molecule has 2 aromatic rings. The lowest BCUT2D eigenvalue weighted by atomic mass is 10.1. The van der Waals surface area contributed by atoms with Crippen LogP contribution in [0.3, 0.4) is 0 Å². The van der Waals surface area contributed by atoms with Crippen molar-refractivity contribution in [1.82, 2.24) is 20.2 Å². The molecule has 0 saturated heterocycles. The molecule has 2 aromatic heterocycles. The molecule has 0 atom stereocenters. The molecule has 0 spiro atoms. The highest BCUT2D eigenvalue weighted by Gasteiger charge is 2.36. The van der Waals surface area contributed by atoms with Gasteiger partial charge in [-0.3, -0.25) is 20.2 Å². The summed E-state index contributed by atoms with van der Waals surface area (Å²) in [7, 11) is 0. The van der Waals surface area contributed by atoms with Gasteiger partial charge in [0.05, 0.1) is 0 Å². The zero-order valence-electron chi connectivity index (χ0n) is 12.1. The molecule has 22 heavy (non-hydrogen) atoms. The Hall–Kier alpha value is -2.50. The van der Waals surface area contributed by atoms with E-state index >= 15 is 0 Å². The standard InChI is InChI=1S/C16H17N5O/c22-14(9-12(10-4-5-10)11-6-7-11)18-16-19-15(20-21-16)13-3-1-2-8-17-13/h1-3,8-11H,4-7H2,(H2,18,19,20,21,22). The molecule has 2 N–H and O–H groups in total. The van der Waals surface area contributed by atoms with Gasteiger partial charge >= 0.3 is 0 Å². The van der Waals surface area contributed by atoms with Crippen LogP contribution >= 0.6 is 0 Å². The van der Waals surface area contributed by atoms with Crippen molar-refractivity contribution in [2.24, 2.45) is 11.8 Å². The molecule has 0 bridgehead atoms. The Morgan fingerprint density at radius 3 is 2.64 bits per heavy atom. The molecule has 6 nitrogen and oxygen atoms in total. The summed E-state index contributed by atoms with van der Waals surface area (Å²) in [6.07, 6.45) is 8.34. The third kappa shape index (κ3) is 2.90. The summed E-state index contributed by atoms with van der Waals surface area (Å²) < 4.78 is 0. The molecule has 2 fully saturated rings. The number of carbonyl (C=O) groups is 1. The topological polar surface area (TPSA) is 83.6 Å². The highest BCUT2D eigenvalue weighted by molar-refractivity contribution is 5.98. The van der Waals surface area contributed by atoms with Crippen LogP contribution in [-0.2, 0) is 4.79 Å². The number of nitrogens with zero attached hydrogens (tertiary/aromatic N) is 3. The maximum Gasteiger partial charge on any atom is 0.250 e. The average molecular weight is 295 g/mol. The highest BCUT2D eigenvalue weighted by atomic mass is 16.1. The van der Waals surface area contributed by atoms with Crippen molar-refractivity contribution in [1.29, 1.82) is 0 Å². The molecule has 2 saturated carbocycles. The Morgan fingerprint density at radius 2 is 2.00 bits per heavy atom. The number of aromatic nitrogens is 4. The zero-order chi connectivity index (χ0) is 14.9.